The van der Waals surface area contributed by atoms with Crippen LogP contribution in [-0.2, 0) is 15.4 Å². The van der Waals surface area contributed by atoms with Gasteiger partial charge in [0.05, 0.1) is 10.6 Å². The van der Waals surface area contributed by atoms with E-state index in [1.54, 1.807) is 12.1 Å². The fraction of sp³-hybridized carbons (Fsp3) is 0.280. The monoisotopic (exact) mass is 498 g/mol. The zero-order valence-electron chi connectivity index (χ0n) is 20.4. The summed E-state index contributed by atoms with van der Waals surface area (Å²) in [5.41, 5.74) is 4.75. The van der Waals surface area contributed by atoms with Crippen LogP contribution in [0, 0.1) is 6.92 Å². The number of aryl methyl sites for hydroxylation is 1. The normalized spacial score (nSPS) is 18.2. The number of anilines is 1. The molecule has 180 valence electrons. The minimum absolute atomic E-state index is 0.0551. The summed E-state index contributed by atoms with van der Waals surface area (Å²) in [5, 5.41) is 5.28. The molecule has 0 saturated carbocycles. The SMILES string of the molecule is Cc1ccc(P(/C=C2/N(C)c3ccccc3C2(C)C)(=Nc2ccc(S(N)(=O)=O)cc2)N(C)C)o1. The standard InChI is InChI=1S/C25H31N4O3PS/c1-18-11-16-24(32-18)33(28(4)5,27-19-12-14-20(15-13-19)34(26,30)31)17-23-25(2,3)21-9-7-8-10-22(21)29(23)6/h7-17H,1-6H3,(H2,26,30,31)/b23-17+. The molecule has 2 heterocycles. The number of benzene rings is 2. The summed E-state index contributed by atoms with van der Waals surface area (Å²) in [6.07, 6.45) is 0. The number of nitrogens with two attached hydrogens (primary N) is 1. The van der Waals surface area contributed by atoms with Crippen molar-refractivity contribution >= 4 is 34.1 Å². The highest BCUT2D eigenvalue weighted by Crippen LogP contribution is 2.59. The second kappa shape index (κ2) is 8.54. The Balaban J connectivity index is 1.99. The Morgan fingerprint density at radius 2 is 1.71 bits per heavy atom. The summed E-state index contributed by atoms with van der Waals surface area (Å²) in [5.74, 6) is 3.06. The van der Waals surface area contributed by atoms with Gasteiger partial charge in [0.25, 0.3) is 0 Å². The first kappa shape index (κ1) is 24.5. The molecular formula is C25H31N4O3PS. The molecule has 1 unspecified atom stereocenters. The molecule has 3 aromatic rings. The van der Waals surface area contributed by atoms with Gasteiger partial charge < -0.3 is 9.32 Å². The first-order chi connectivity index (χ1) is 15.9. The Hall–Kier alpha value is -2.64. The third-order valence-electron chi connectivity index (χ3n) is 6.34. The van der Waals surface area contributed by atoms with Gasteiger partial charge in [-0.1, -0.05) is 32.0 Å². The van der Waals surface area contributed by atoms with E-state index in [1.165, 1.54) is 23.4 Å². The lowest BCUT2D eigenvalue weighted by Crippen LogP contribution is -2.25. The number of hydrogen-bond acceptors (Lipinski definition) is 5. The lowest BCUT2D eigenvalue weighted by molar-refractivity contribution is 0.557. The number of hydrogen-bond donors (Lipinski definition) is 1. The van der Waals surface area contributed by atoms with Gasteiger partial charge in [0.1, 0.15) is 13.0 Å². The molecule has 0 radical (unpaired) electrons. The van der Waals surface area contributed by atoms with Crippen molar-refractivity contribution in [3.05, 3.63) is 83.5 Å². The van der Waals surface area contributed by atoms with Gasteiger partial charge in [-0.05, 0) is 74.9 Å². The van der Waals surface area contributed by atoms with Gasteiger partial charge >= 0.3 is 0 Å². The van der Waals surface area contributed by atoms with Gasteiger partial charge in [-0.3, -0.25) is 4.67 Å². The van der Waals surface area contributed by atoms with Gasteiger partial charge in [0, 0.05) is 23.8 Å². The van der Waals surface area contributed by atoms with E-state index in [-0.39, 0.29) is 10.3 Å². The van der Waals surface area contributed by atoms with E-state index < -0.39 is 17.2 Å². The fourth-order valence-corrected chi connectivity index (χ4v) is 7.92. The minimum Gasteiger partial charge on any atom is -0.459 e. The lowest BCUT2D eigenvalue weighted by atomic mass is 9.84. The molecule has 0 bridgehead atoms. The number of rotatable bonds is 5. The number of allylic oxidation sites excluding steroid dienone is 1. The Morgan fingerprint density at radius 1 is 1.06 bits per heavy atom. The highest BCUT2D eigenvalue weighted by atomic mass is 32.2. The molecule has 0 saturated heterocycles. The molecule has 0 amide bonds. The van der Waals surface area contributed by atoms with E-state index in [0.29, 0.717) is 5.69 Å². The topological polar surface area (TPSA) is 92.1 Å². The third kappa shape index (κ3) is 4.16. The molecule has 7 nitrogen and oxygen atoms in total. The Labute approximate surface area is 202 Å². The average molecular weight is 499 g/mol. The largest absolute Gasteiger partial charge is 0.459 e. The van der Waals surface area contributed by atoms with Crippen molar-refractivity contribution in [2.75, 3.05) is 26.0 Å². The quantitative estimate of drug-likeness (QED) is 0.492. The molecule has 0 spiro atoms. The summed E-state index contributed by atoms with van der Waals surface area (Å²) >= 11 is 0. The van der Waals surface area contributed by atoms with Crippen molar-refractivity contribution in [3.8, 4) is 0 Å². The molecule has 2 aromatic carbocycles. The molecule has 0 aliphatic carbocycles. The summed E-state index contributed by atoms with van der Waals surface area (Å²) in [6, 6.07) is 18.7. The van der Waals surface area contributed by atoms with Crippen molar-refractivity contribution in [3.63, 3.8) is 0 Å². The van der Waals surface area contributed by atoms with E-state index in [0.717, 1.165) is 17.0 Å². The van der Waals surface area contributed by atoms with Crippen LogP contribution in [0.25, 0.3) is 0 Å². The summed E-state index contributed by atoms with van der Waals surface area (Å²) in [7, 11) is -0.264. The molecular weight excluding hydrogens is 467 g/mol. The van der Waals surface area contributed by atoms with Crippen LogP contribution in [0.2, 0.25) is 0 Å². The number of sulfonamides is 1. The molecule has 1 aromatic heterocycles. The maximum Gasteiger partial charge on any atom is 0.238 e. The predicted octanol–water partition coefficient (Wildman–Crippen LogP) is 5.14. The summed E-state index contributed by atoms with van der Waals surface area (Å²) in [4.78, 5) is 2.28. The number of primary sulfonamides is 1. The lowest BCUT2D eigenvalue weighted by Gasteiger charge is -2.31. The highest BCUT2D eigenvalue weighted by molar-refractivity contribution is 7.89. The van der Waals surface area contributed by atoms with Crippen molar-refractivity contribution in [1.82, 2.24) is 4.67 Å². The predicted molar refractivity (Wildman–Crippen MR) is 140 cm³/mol. The van der Waals surface area contributed by atoms with Gasteiger partial charge in [0.15, 0.2) is 5.50 Å². The van der Waals surface area contributed by atoms with E-state index in [2.05, 4.69) is 60.5 Å². The molecule has 1 aliphatic rings. The maximum absolute atomic E-state index is 11.7. The van der Waals surface area contributed by atoms with Crippen LogP contribution in [0.3, 0.4) is 0 Å². The van der Waals surface area contributed by atoms with Crippen LogP contribution >= 0.6 is 7.21 Å². The van der Waals surface area contributed by atoms with Crippen LogP contribution in [0.1, 0.15) is 25.2 Å². The molecule has 34 heavy (non-hydrogen) atoms. The minimum atomic E-state index is -3.78. The number of fused-ring (bicyclic) bond motifs is 1. The van der Waals surface area contributed by atoms with E-state index in [1.807, 2.05) is 33.2 Å². The molecule has 0 fully saturated rings. The van der Waals surface area contributed by atoms with Crippen molar-refractivity contribution < 1.29 is 12.8 Å². The van der Waals surface area contributed by atoms with Gasteiger partial charge in [-0.2, -0.15) is 0 Å². The Morgan fingerprint density at radius 3 is 2.24 bits per heavy atom. The van der Waals surface area contributed by atoms with E-state index in [4.69, 9.17) is 14.3 Å². The van der Waals surface area contributed by atoms with Crippen LogP contribution in [0.15, 0.2) is 86.2 Å². The zero-order chi connectivity index (χ0) is 24.9. The second-order valence-electron chi connectivity index (χ2n) is 9.24. The van der Waals surface area contributed by atoms with Crippen molar-refractivity contribution in [2.45, 2.75) is 31.1 Å². The fourth-order valence-electron chi connectivity index (χ4n) is 4.42. The Bertz CT molecular complexity index is 1420. The molecule has 4 rings (SSSR count). The zero-order valence-corrected chi connectivity index (χ0v) is 22.1. The molecule has 9 heteroatoms. The maximum atomic E-state index is 11.7. The molecule has 1 atom stereocenters. The first-order valence-electron chi connectivity index (χ1n) is 10.9. The number of para-hydroxylation sites is 1. The van der Waals surface area contributed by atoms with Crippen molar-refractivity contribution in [1.29, 1.82) is 0 Å². The first-order valence-corrected chi connectivity index (χ1v) is 14.2. The second-order valence-corrected chi connectivity index (χ2v) is 13.8. The van der Waals surface area contributed by atoms with Crippen LogP contribution < -0.4 is 15.5 Å². The van der Waals surface area contributed by atoms with Crippen LogP contribution in [0.5, 0.6) is 0 Å². The Kier molecular flexibility index (Phi) is 6.15. The number of nitrogens with zero attached hydrogens (tertiary/aromatic N) is 3. The number of furan rings is 1. The van der Waals surface area contributed by atoms with Crippen molar-refractivity contribution in [2.24, 2.45) is 9.88 Å². The van der Waals surface area contributed by atoms with Gasteiger partial charge in [-0.25, -0.2) is 18.3 Å². The summed E-state index contributed by atoms with van der Waals surface area (Å²) < 4.78 is 37.0. The average Bonchev–Trinajstić information content (AvgIpc) is 3.28. The molecule has 2 N–H and O–H groups in total. The van der Waals surface area contributed by atoms with Gasteiger partial charge in [-0.15, -0.1) is 0 Å². The summed E-state index contributed by atoms with van der Waals surface area (Å²) in [6.45, 7) is 6.36. The number of likely N-dealkylation sites (N-methyl/N-ethyl adjacent to an activating group) is 1. The molecule has 1 aliphatic heterocycles. The third-order valence-corrected chi connectivity index (χ3v) is 10.5. The van der Waals surface area contributed by atoms with Gasteiger partial charge in [0.2, 0.25) is 10.0 Å². The van der Waals surface area contributed by atoms with Crippen LogP contribution in [0.4, 0.5) is 11.4 Å². The van der Waals surface area contributed by atoms with Crippen LogP contribution in [-0.4, -0.2) is 34.2 Å². The smallest absolute Gasteiger partial charge is 0.238 e. The highest BCUT2D eigenvalue weighted by Gasteiger charge is 2.41. The van der Waals surface area contributed by atoms with E-state index >= 15 is 0 Å². The van der Waals surface area contributed by atoms with E-state index in [9.17, 15) is 8.42 Å².